The smallest absolute Gasteiger partial charge is 0.349 e. The number of rotatable bonds is 3. The maximum atomic E-state index is 12.8. The number of aryl methyl sites for hydroxylation is 1. The number of pyridine rings is 1. The first-order valence-corrected chi connectivity index (χ1v) is 8.94. The highest BCUT2D eigenvalue weighted by Crippen LogP contribution is 2.40. The maximum Gasteiger partial charge on any atom is 0.349 e. The number of hydrogen-bond acceptors (Lipinski definition) is 5. The number of anilines is 2. The fraction of sp³-hybridized carbons (Fsp3) is 0.0435. The number of furan rings is 1. The number of fused-ring (bicyclic) bond motifs is 3. The number of nitrogens with one attached hydrogen (secondary N) is 1. The minimum absolute atomic E-state index is 0.376. The van der Waals surface area contributed by atoms with Crippen molar-refractivity contribution in [3.63, 3.8) is 0 Å². The lowest BCUT2D eigenvalue weighted by atomic mass is 10.1. The molecule has 0 aliphatic carbocycles. The fourth-order valence-electron chi connectivity index (χ4n) is 3.35. The standard InChI is InChI=1S/C23H16N2O3/c1-14-11-12-24-18(13-14)25-20-19-22(28-21(20)15-7-3-2-4-8-15)16-9-5-6-10-17(16)27-23(19)26/h2-13H,1H3,(H,24,25). The highest BCUT2D eigenvalue weighted by molar-refractivity contribution is 6.09. The van der Waals surface area contributed by atoms with Crippen LogP contribution in [0.5, 0.6) is 0 Å². The zero-order chi connectivity index (χ0) is 19.1. The van der Waals surface area contributed by atoms with Crippen LogP contribution in [0, 0.1) is 6.92 Å². The lowest BCUT2D eigenvalue weighted by Crippen LogP contribution is -2.02. The Hall–Kier alpha value is -3.86. The Morgan fingerprint density at radius 3 is 2.54 bits per heavy atom. The van der Waals surface area contributed by atoms with Crippen LogP contribution in [0.4, 0.5) is 11.5 Å². The Kier molecular flexibility index (Phi) is 3.72. The quantitative estimate of drug-likeness (QED) is 0.417. The third-order valence-corrected chi connectivity index (χ3v) is 4.65. The van der Waals surface area contributed by atoms with Crippen molar-refractivity contribution < 1.29 is 8.83 Å². The van der Waals surface area contributed by atoms with Gasteiger partial charge in [0, 0.05) is 11.8 Å². The van der Waals surface area contributed by atoms with Gasteiger partial charge in [-0.15, -0.1) is 0 Å². The second-order valence-electron chi connectivity index (χ2n) is 6.61. The van der Waals surface area contributed by atoms with Crippen molar-refractivity contribution in [2.75, 3.05) is 5.32 Å². The molecule has 5 aromatic rings. The summed E-state index contributed by atoms with van der Waals surface area (Å²) in [6.07, 6.45) is 1.72. The SMILES string of the molecule is Cc1ccnc(Nc2c(-c3ccccc3)oc3c2c(=O)oc2ccccc23)c1. The predicted molar refractivity (Wildman–Crippen MR) is 110 cm³/mol. The van der Waals surface area contributed by atoms with Crippen LogP contribution in [0.2, 0.25) is 0 Å². The van der Waals surface area contributed by atoms with Gasteiger partial charge >= 0.3 is 5.63 Å². The summed E-state index contributed by atoms with van der Waals surface area (Å²) in [5.41, 5.74) is 3.02. The highest BCUT2D eigenvalue weighted by atomic mass is 16.4. The van der Waals surface area contributed by atoms with Crippen molar-refractivity contribution in [1.29, 1.82) is 0 Å². The number of benzene rings is 2. The molecular weight excluding hydrogens is 352 g/mol. The van der Waals surface area contributed by atoms with E-state index >= 15 is 0 Å². The molecule has 0 radical (unpaired) electrons. The molecule has 3 heterocycles. The second kappa shape index (κ2) is 6.39. The summed E-state index contributed by atoms with van der Waals surface area (Å²) in [6.45, 7) is 1.99. The minimum Gasteiger partial charge on any atom is -0.453 e. The molecule has 2 aromatic carbocycles. The normalized spacial score (nSPS) is 11.2. The van der Waals surface area contributed by atoms with Gasteiger partial charge in [-0.1, -0.05) is 42.5 Å². The molecule has 5 rings (SSSR count). The summed E-state index contributed by atoms with van der Waals surface area (Å²) in [4.78, 5) is 17.2. The number of para-hydroxylation sites is 1. The second-order valence-corrected chi connectivity index (χ2v) is 6.61. The molecule has 5 nitrogen and oxygen atoms in total. The molecule has 0 saturated heterocycles. The highest BCUT2D eigenvalue weighted by Gasteiger charge is 2.22. The van der Waals surface area contributed by atoms with E-state index in [1.54, 1.807) is 12.3 Å². The van der Waals surface area contributed by atoms with Gasteiger partial charge in [-0.05, 0) is 36.8 Å². The molecule has 1 N–H and O–H groups in total. The molecule has 0 spiro atoms. The van der Waals surface area contributed by atoms with Gasteiger partial charge in [-0.2, -0.15) is 0 Å². The van der Waals surface area contributed by atoms with Crippen molar-refractivity contribution in [2.45, 2.75) is 6.92 Å². The average molecular weight is 368 g/mol. The van der Waals surface area contributed by atoms with Crippen LogP contribution < -0.4 is 10.9 Å². The van der Waals surface area contributed by atoms with E-state index in [0.717, 1.165) is 16.5 Å². The zero-order valence-corrected chi connectivity index (χ0v) is 15.1. The minimum atomic E-state index is -0.449. The van der Waals surface area contributed by atoms with Crippen LogP contribution in [-0.2, 0) is 0 Å². The molecule has 0 atom stereocenters. The molecule has 0 aliphatic rings. The fourth-order valence-corrected chi connectivity index (χ4v) is 3.35. The maximum absolute atomic E-state index is 12.8. The van der Waals surface area contributed by atoms with Gasteiger partial charge in [0.2, 0.25) is 0 Å². The molecule has 0 saturated carbocycles. The Morgan fingerprint density at radius 1 is 0.929 bits per heavy atom. The Balaban J connectivity index is 1.85. The molecule has 136 valence electrons. The van der Waals surface area contributed by atoms with E-state index in [9.17, 15) is 4.79 Å². The molecular formula is C23H16N2O3. The largest absolute Gasteiger partial charge is 0.453 e. The van der Waals surface area contributed by atoms with Crippen LogP contribution in [0.3, 0.4) is 0 Å². The van der Waals surface area contributed by atoms with Crippen molar-refractivity contribution in [3.8, 4) is 11.3 Å². The van der Waals surface area contributed by atoms with E-state index in [0.29, 0.717) is 33.8 Å². The summed E-state index contributed by atoms with van der Waals surface area (Å²) in [7, 11) is 0. The van der Waals surface area contributed by atoms with Crippen molar-refractivity contribution >= 4 is 33.4 Å². The first kappa shape index (κ1) is 16.3. The third kappa shape index (κ3) is 2.65. The van der Waals surface area contributed by atoms with Crippen LogP contribution in [0.25, 0.3) is 33.3 Å². The zero-order valence-electron chi connectivity index (χ0n) is 15.1. The Bertz CT molecular complexity index is 1370. The van der Waals surface area contributed by atoms with Crippen LogP contribution in [-0.4, -0.2) is 4.98 Å². The monoisotopic (exact) mass is 368 g/mol. The molecule has 0 bridgehead atoms. The molecule has 0 unspecified atom stereocenters. The van der Waals surface area contributed by atoms with Gasteiger partial charge in [0.1, 0.15) is 22.5 Å². The molecule has 28 heavy (non-hydrogen) atoms. The summed E-state index contributed by atoms with van der Waals surface area (Å²) in [5.74, 6) is 1.20. The Morgan fingerprint density at radius 2 is 1.71 bits per heavy atom. The molecule has 0 fully saturated rings. The molecule has 0 aliphatic heterocycles. The topological polar surface area (TPSA) is 68.3 Å². The lowest BCUT2D eigenvalue weighted by Gasteiger charge is -2.07. The van der Waals surface area contributed by atoms with Gasteiger partial charge in [-0.25, -0.2) is 9.78 Å². The predicted octanol–water partition coefficient (Wildman–Crippen LogP) is 5.65. The van der Waals surface area contributed by atoms with E-state index in [1.807, 2.05) is 67.6 Å². The van der Waals surface area contributed by atoms with E-state index in [4.69, 9.17) is 8.83 Å². The number of nitrogens with zero attached hydrogens (tertiary/aromatic N) is 1. The molecule has 0 amide bonds. The van der Waals surface area contributed by atoms with Crippen LogP contribution in [0.1, 0.15) is 5.56 Å². The summed E-state index contributed by atoms with van der Waals surface area (Å²) in [5, 5.41) is 4.40. The van der Waals surface area contributed by atoms with Crippen LogP contribution in [0.15, 0.2) is 86.6 Å². The average Bonchev–Trinajstić information content (AvgIpc) is 3.09. The molecule has 3 aromatic heterocycles. The lowest BCUT2D eigenvalue weighted by molar-refractivity contribution is 0.565. The van der Waals surface area contributed by atoms with Gasteiger partial charge < -0.3 is 14.2 Å². The van der Waals surface area contributed by atoms with Gasteiger partial charge in [0.05, 0.1) is 5.39 Å². The van der Waals surface area contributed by atoms with E-state index in [1.165, 1.54) is 0 Å². The van der Waals surface area contributed by atoms with Gasteiger partial charge in [0.15, 0.2) is 11.3 Å². The Labute approximate surface area is 160 Å². The van der Waals surface area contributed by atoms with Gasteiger partial charge in [0.25, 0.3) is 0 Å². The number of aromatic nitrogens is 1. The van der Waals surface area contributed by atoms with E-state index in [-0.39, 0.29) is 0 Å². The number of hydrogen-bond donors (Lipinski definition) is 1. The summed E-state index contributed by atoms with van der Waals surface area (Å²) >= 11 is 0. The van der Waals surface area contributed by atoms with E-state index in [2.05, 4.69) is 10.3 Å². The molecule has 5 heteroatoms. The van der Waals surface area contributed by atoms with Crippen molar-refractivity contribution in [2.24, 2.45) is 0 Å². The first-order chi connectivity index (χ1) is 13.7. The van der Waals surface area contributed by atoms with Gasteiger partial charge in [-0.3, -0.25) is 0 Å². The third-order valence-electron chi connectivity index (χ3n) is 4.65. The van der Waals surface area contributed by atoms with E-state index < -0.39 is 5.63 Å². The summed E-state index contributed by atoms with van der Waals surface area (Å²) < 4.78 is 11.8. The van der Waals surface area contributed by atoms with Crippen LogP contribution >= 0.6 is 0 Å². The summed E-state index contributed by atoms with van der Waals surface area (Å²) in [6, 6.07) is 20.9. The van der Waals surface area contributed by atoms with Crippen molar-refractivity contribution in [1.82, 2.24) is 4.98 Å². The van der Waals surface area contributed by atoms with Crippen molar-refractivity contribution in [3.05, 3.63) is 88.9 Å². The first-order valence-electron chi connectivity index (χ1n) is 8.94.